The van der Waals surface area contributed by atoms with E-state index in [2.05, 4.69) is 32.3 Å². The summed E-state index contributed by atoms with van der Waals surface area (Å²) in [5.41, 5.74) is 4.02. The van der Waals surface area contributed by atoms with Gasteiger partial charge >= 0.3 is 0 Å². The zero-order valence-corrected chi connectivity index (χ0v) is 9.13. The number of ether oxygens (including phenoxy) is 1. The number of nitrogens with one attached hydrogen (secondary N) is 1. The van der Waals surface area contributed by atoms with Crippen LogP contribution >= 0.6 is 0 Å². The summed E-state index contributed by atoms with van der Waals surface area (Å²) in [5.74, 6) is 5.45. The first kappa shape index (κ1) is 12.6. The third-order valence-corrected chi connectivity index (χ3v) is 1.89. The van der Waals surface area contributed by atoms with E-state index >= 15 is 0 Å². The Morgan fingerprint density at radius 1 is 1.46 bits per heavy atom. The van der Waals surface area contributed by atoms with Crippen molar-refractivity contribution >= 4 is 0 Å². The van der Waals surface area contributed by atoms with Gasteiger partial charge < -0.3 is 4.74 Å². The zero-order chi connectivity index (χ0) is 10.3. The second-order valence-electron chi connectivity index (χ2n) is 3.34. The molecule has 0 aliphatic rings. The molecular formula is C10H22N2O. The number of rotatable bonds is 6. The Bertz CT molecular complexity index is 153. The van der Waals surface area contributed by atoms with E-state index in [1.165, 1.54) is 5.57 Å². The number of hydrogen-bond donors (Lipinski definition) is 2. The minimum Gasteiger partial charge on any atom is -0.377 e. The highest BCUT2D eigenvalue weighted by Crippen LogP contribution is 2.07. The van der Waals surface area contributed by atoms with Gasteiger partial charge in [0.1, 0.15) is 0 Å². The number of hydrazine groups is 1. The second kappa shape index (κ2) is 7.06. The molecule has 2 atom stereocenters. The van der Waals surface area contributed by atoms with Crippen molar-refractivity contribution in [3.8, 4) is 0 Å². The average molecular weight is 186 g/mol. The maximum absolute atomic E-state index is 5.56. The van der Waals surface area contributed by atoms with Gasteiger partial charge in [0.25, 0.3) is 0 Å². The van der Waals surface area contributed by atoms with Crippen LogP contribution in [0.4, 0.5) is 0 Å². The normalized spacial score (nSPS) is 15.2. The third kappa shape index (κ3) is 5.03. The fourth-order valence-corrected chi connectivity index (χ4v) is 1.31. The van der Waals surface area contributed by atoms with E-state index in [4.69, 9.17) is 10.6 Å². The molecule has 0 heterocycles. The summed E-state index contributed by atoms with van der Waals surface area (Å²) in [5, 5.41) is 0. The van der Waals surface area contributed by atoms with Crippen LogP contribution in [0.5, 0.6) is 0 Å². The van der Waals surface area contributed by atoms with E-state index in [1.807, 2.05) is 6.92 Å². The van der Waals surface area contributed by atoms with Crippen molar-refractivity contribution in [1.29, 1.82) is 0 Å². The summed E-state index contributed by atoms with van der Waals surface area (Å²) >= 11 is 0. The summed E-state index contributed by atoms with van der Waals surface area (Å²) in [7, 11) is 0. The minimum atomic E-state index is 0.120. The van der Waals surface area contributed by atoms with Crippen LogP contribution in [0.15, 0.2) is 11.6 Å². The van der Waals surface area contributed by atoms with Crippen LogP contribution in [0, 0.1) is 0 Å². The van der Waals surface area contributed by atoms with Crippen molar-refractivity contribution in [3.63, 3.8) is 0 Å². The minimum absolute atomic E-state index is 0.120. The molecule has 3 nitrogen and oxygen atoms in total. The van der Waals surface area contributed by atoms with Gasteiger partial charge in [-0.15, -0.1) is 0 Å². The Kier molecular flexibility index (Phi) is 6.86. The van der Waals surface area contributed by atoms with Crippen LogP contribution in [0.25, 0.3) is 0 Å². The number of hydrogen-bond acceptors (Lipinski definition) is 3. The standard InChI is InChI=1S/C10H22N2O/c1-5-10(13-6-2)9(12-11)7-8(3)4/h7,9-10,12H,5-6,11H2,1-4H3. The third-order valence-electron chi connectivity index (χ3n) is 1.89. The van der Waals surface area contributed by atoms with E-state index in [-0.39, 0.29) is 12.1 Å². The largest absolute Gasteiger partial charge is 0.377 e. The number of allylic oxidation sites excluding steroid dienone is 1. The highest BCUT2D eigenvalue weighted by molar-refractivity contribution is 5.03. The molecule has 78 valence electrons. The van der Waals surface area contributed by atoms with Gasteiger partial charge in [0.15, 0.2) is 0 Å². The lowest BCUT2D eigenvalue weighted by Gasteiger charge is -2.23. The lowest BCUT2D eigenvalue weighted by atomic mass is 10.1. The van der Waals surface area contributed by atoms with Gasteiger partial charge in [-0.1, -0.05) is 18.6 Å². The average Bonchev–Trinajstić information content (AvgIpc) is 2.10. The molecule has 0 saturated carbocycles. The van der Waals surface area contributed by atoms with Gasteiger partial charge in [-0.05, 0) is 27.2 Å². The molecular weight excluding hydrogens is 164 g/mol. The van der Waals surface area contributed by atoms with Gasteiger partial charge in [-0.2, -0.15) is 0 Å². The Morgan fingerprint density at radius 3 is 2.38 bits per heavy atom. The smallest absolute Gasteiger partial charge is 0.0774 e. The summed E-state index contributed by atoms with van der Waals surface area (Å²) in [6.45, 7) is 8.95. The summed E-state index contributed by atoms with van der Waals surface area (Å²) in [6, 6.07) is 0.120. The molecule has 3 heteroatoms. The topological polar surface area (TPSA) is 47.3 Å². The molecule has 0 fully saturated rings. The van der Waals surface area contributed by atoms with Crippen LogP contribution < -0.4 is 11.3 Å². The zero-order valence-electron chi connectivity index (χ0n) is 9.13. The van der Waals surface area contributed by atoms with Crippen molar-refractivity contribution in [2.24, 2.45) is 5.84 Å². The summed E-state index contributed by atoms with van der Waals surface area (Å²) in [4.78, 5) is 0. The molecule has 0 aromatic heterocycles. The predicted molar refractivity (Wildman–Crippen MR) is 56.2 cm³/mol. The first-order valence-electron chi connectivity index (χ1n) is 4.88. The fourth-order valence-electron chi connectivity index (χ4n) is 1.31. The van der Waals surface area contributed by atoms with Crippen molar-refractivity contribution < 1.29 is 4.74 Å². The summed E-state index contributed by atoms with van der Waals surface area (Å²) < 4.78 is 5.56. The first-order chi connectivity index (χ1) is 6.15. The molecule has 2 unspecified atom stereocenters. The Morgan fingerprint density at radius 2 is 2.08 bits per heavy atom. The Balaban J connectivity index is 4.24. The quantitative estimate of drug-likeness (QED) is 0.376. The SMILES string of the molecule is CCOC(CC)C(C=C(C)C)NN. The molecule has 0 rings (SSSR count). The maximum Gasteiger partial charge on any atom is 0.0774 e. The van der Waals surface area contributed by atoms with Crippen LogP contribution in [-0.4, -0.2) is 18.8 Å². The fraction of sp³-hybridized carbons (Fsp3) is 0.800. The van der Waals surface area contributed by atoms with Gasteiger partial charge in [-0.3, -0.25) is 11.3 Å². The van der Waals surface area contributed by atoms with Crippen molar-refractivity contribution in [2.75, 3.05) is 6.61 Å². The molecule has 0 aromatic rings. The Labute approximate surface area is 81.3 Å². The van der Waals surface area contributed by atoms with Gasteiger partial charge in [0, 0.05) is 6.61 Å². The maximum atomic E-state index is 5.56. The Hall–Kier alpha value is -0.380. The molecule has 0 aromatic carbocycles. The molecule has 0 aliphatic carbocycles. The van der Waals surface area contributed by atoms with E-state index in [0.717, 1.165) is 13.0 Å². The first-order valence-corrected chi connectivity index (χ1v) is 4.88. The van der Waals surface area contributed by atoms with E-state index in [0.29, 0.717) is 0 Å². The van der Waals surface area contributed by atoms with Gasteiger partial charge in [0.05, 0.1) is 12.1 Å². The molecule has 0 aliphatic heterocycles. The highest BCUT2D eigenvalue weighted by atomic mass is 16.5. The van der Waals surface area contributed by atoms with Crippen LogP contribution in [0.1, 0.15) is 34.1 Å². The number of nitrogens with two attached hydrogens (primary N) is 1. The monoisotopic (exact) mass is 186 g/mol. The predicted octanol–water partition coefficient (Wildman–Crippen LogP) is 1.60. The molecule has 0 amide bonds. The lowest BCUT2D eigenvalue weighted by molar-refractivity contribution is 0.0432. The van der Waals surface area contributed by atoms with Crippen molar-refractivity contribution in [2.45, 2.75) is 46.3 Å². The molecule has 0 radical (unpaired) electrons. The summed E-state index contributed by atoms with van der Waals surface area (Å²) in [6.07, 6.45) is 3.24. The van der Waals surface area contributed by atoms with Crippen molar-refractivity contribution in [3.05, 3.63) is 11.6 Å². The highest BCUT2D eigenvalue weighted by Gasteiger charge is 2.15. The molecule has 0 spiro atoms. The molecule has 3 N–H and O–H groups in total. The molecule has 0 saturated heterocycles. The van der Waals surface area contributed by atoms with Crippen LogP contribution in [-0.2, 0) is 4.74 Å². The van der Waals surface area contributed by atoms with Crippen molar-refractivity contribution in [1.82, 2.24) is 5.43 Å². The van der Waals surface area contributed by atoms with Crippen LogP contribution in [0.2, 0.25) is 0 Å². The second-order valence-corrected chi connectivity index (χ2v) is 3.34. The molecule has 0 bridgehead atoms. The van der Waals surface area contributed by atoms with E-state index < -0.39 is 0 Å². The van der Waals surface area contributed by atoms with E-state index in [1.54, 1.807) is 0 Å². The molecule has 13 heavy (non-hydrogen) atoms. The van der Waals surface area contributed by atoms with Gasteiger partial charge in [-0.25, -0.2) is 0 Å². The lowest BCUT2D eigenvalue weighted by Crippen LogP contribution is -2.43. The van der Waals surface area contributed by atoms with Gasteiger partial charge in [0.2, 0.25) is 0 Å². The van der Waals surface area contributed by atoms with Crippen LogP contribution in [0.3, 0.4) is 0 Å². The van der Waals surface area contributed by atoms with E-state index in [9.17, 15) is 0 Å².